The van der Waals surface area contributed by atoms with E-state index in [4.69, 9.17) is 0 Å². The molecule has 1 saturated heterocycles. The number of hydrogen-bond donors (Lipinski definition) is 3. The fourth-order valence-corrected chi connectivity index (χ4v) is 3.30. The van der Waals surface area contributed by atoms with Crippen LogP contribution in [0.15, 0.2) is 42.5 Å². The van der Waals surface area contributed by atoms with E-state index in [1.807, 2.05) is 6.07 Å². The molecule has 2 aromatic carbocycles. The fourth-order valence-electron chi connectivity index (χ4n) is 3.30. The van der Waals surface area contributed by atoms with E-state index in [1.165, 1.54) is 11.1 Å². The number of carbonyl (C=O) groups excluding carboxylic acids is 3. The van der Waals surface area contributed by atoms with Gasteiger partial charge in [0.15, 0.2) is 0 Å². The molecule has 2 heterocycles. The molecule has 0 saturated carbocycles. The minimum atomic E-state index is -0.383. The number of carbonyl (C=O) groups is 3. The van der Waals surface area contributed by atoms with Crippen molar-refractivity contribution in [1.82, 2.24) is 20.9 Å². The molecule has 0 unspecified atom stereocenters. The van der Waals surface area contributed by atoms with E-state index >= 15 is 0 Å². The average molecular weight is 364 g/mol. The van der Waals surface area contributed by atoms with Crippen molar-refractivity contribution in [2.24, 2.45) is 0 Å². The van der Waals surface area contributed by atoms with Crippen LogP contribution in [-0.2, 0) is 31.0 Å². The quantitative estimate of drug-likeness (QED) is 0.697. The molecule has 4 rings (SSSR count). The first kappa shape index (κ1) is 17.2. The molecular weight excluding hydrogens is 344 g/mol. The summed E-state index contributed by atoms with van der Waals surface area (Å²) in [6.07, 6.45) is 0. The van der Waals surface area contributed by atoms with Gasteiger partial charge in [-0.05, 0) is 34.4 Å². The fraction of sp³-hybridized carbons (Fsp3) is 0.250. The van der Waals surface area contributed by atoms with Gasteiger partial charge in [0.05, 0.1) is 13.1 Å². The molecule has 0 radical (unpaired) electrons. The van der Waals surface area contributed by atoms with Crippen LogP contribution in [0.5, 0.6) is 0 Å². The van der Waals surface area contributed by atoms with Gasteiger partial charge >= 0.3 is 6.03 Å². The zero-order valence-corrected chi connectivity index (χ0v) is 14.7. The van der Waals surface area contributed by atoms with Gasteiger partial charge in [0.1, 0.15) is 0 Å². The van der Waals surface area contributed by atoms with Gasteiger partial charge in [-0.15, -0.1) is 0 Å². The zero-order chi connectivity index (χ0) is 18.8. The first-order chi connectivity index (χ1) is 13.1. The lowest BCUT2D eigenvalue weighted by Crippen LogP contribution is -2.30. The maximum absolute atomic E-state index is 12.4. The Bertz CT molecular complexity index is 892. The normalized spacial score (nSPS) is 15.6. The van der Waals surface area contributed by atoms with E-state index in [9.17, 15) is 14.4 Å². The third-order valence-electron chi connectivity index (χ3n) is 4.85. The van der Waals surface area contributed by atoms with Gasteiger partial charge in [-0.2, -0.15) is 0 Å². The summed E-state index contributed by atoms with van der Waals surface area (Å²) in [7, 11) is 0. The molecule has 4 amide bonds. The standard InChI is InChI=1S/C20H20N4O3/c25-18-11-23-20(27)24(18)12-13-1-4-15(5-2-13)19(26)22-8-14-3-6-16-9-21-10-17(16)7-14/h1-7,21H,8-12H2,(H,22,26)(H,23,27). The van der Waals surface area contributed by atoms with Crippen LogP contribution in [0, 0.1) is 0 Å². The van der Waals surface area contributed by atoms with Gasteiger partial charge < -0.3 is 16.0 Å². The molecule has 0 bridgehead atoms. The Balaban J connectivity index is 1.35. The van der Waals surface area contributed by atoms with Crippen LogP contribution in [-0.4, -0.2) is 29.3 Å². The van der Waals surface area contributed by atoms with Crippen LogP contribution < -0.4 is 16.0 Å². The van der Waals surface area contributed by atoms with E-state index in [1.54, 1.807) is 24.3 Å². The van der Waals surface area contributed by atoms with Gasteiger partial charge in [-0.1, -0.05) is 30.3 Å². The molecule has 138 valence electrons. The number of benzene rings is 2. The van der Waals surface area contributed by atoms with E-state index in [0.717, 1.165) is 29.1 Å². The Morgan fingerprint density at radius 2 is 1.70 bits per heavy atom. The monoisotopic (exact) mass is 364 g/mol. The molecule has 7 nitrogen and oxygen atoms in total. The highest BCUT2D eigenvalue weighted by molar-refractivity contribution is 6.01. The van der Waals surface area contributed by atoms with E-state index in [0.29, 0.717) is 12.1 Å². The van der Waals surface area contributed by atoms with Gasteiger partial charge in [0.2, 0.25) is 5.91 Å². The molecule has 0 aliphatic carbocycles. The summed E-state index contributed by atoms with van der Waals surface area (Å²) >= 11 is 0. The third kappa shape index (κ3) is 3.68. The second-order valence-electron chi connectivity index (χ2n) is 6.72. The highest BCUT2D eigenvalue weighted by Gasteiger charge is 2.28. The maximum atomic E-state index is 12.4. The predicted octanol–water partition coefficient (Wildman–Crippen LogP) is 1.27. The summed E-state index contributed by atoms with van der Waals surface area (Å²) in [5.74, 6) is -0.401. The molecule has 0 aromatic heterocycles. The van der Waals surface area contributed by atoms with Crippen molar-refractivity contribution in [1.29, 1.82) is 0 Å². The Labute approximate surface area is 156 Å². The van der Waals surface area contributed by atoms with Gasteiger partial charge in [0.25, 0.3) is 5.91 Å². The van der Waals surface area contributed by atoms with Crippen LogP contribution in [0.25, 0.3) is 0 Å². The minimum absolute atomic E-state index is 0.0398. The van der Waals surface area contributed by atoms with Gasteiger partial charge in [-0.3, -0.25) is 14.5 Å². The Morgan fingerprint density at radius 1 is 0.963 bits per heavy atom. The average Bonchev–Trinajstić information content (AvgIpc) is 3.28. The van der Waals surface area contributed by atoms with Crippen LogP contribution in [0.2, 0.25) is 0 Å². The van der Waals surface area contributed by atoms with Crippen LogP contribution >= 0.6 is 0 Å². The number of nitrogens with one attached hydrogen (secondary N) is 3. The van der Waals surface area contributed by atoms with Gasteiger partial charge in [-0.25, -0.2) is 4.79 Å². The minimum Gasteiger partial charge on any atom is -0.348 e. The van der Waals surface area contributed by atoms with Crippen molar-refractivity contribution >= 4 is 17.8 Å². The Morgan fingerprint density at radius 3 is 2.44 bits per heavy atom. The molecule has 2 aliphatic rings. The summed E-state index contributed by atoms with van der Waals surface area (Å²) in [6.45, 7) is 2.49. The Kier molecular flexibility index (Phi) is 4.60. The summed E-state index contributed by atoms with van der Waals surface area (Å²) in [5, 5.41) is 8.72. The highest BCUT2D eigenvalue weighted by Crippen LogP contribution is 2.17. The first-order valence-electron chi connectivity index (χ1n) is 8.87. The Hall–Kier alpha value is -3.19. The van der Waals surface area contributed by atoms with E-state index in [-0.39, 0.29) is 30.9 Å². The van der Waals surface area contributed by atoms with Crippen molar-refractivity contribution in [3.05, 3.63) is 70.3 Å². The number of hydrogen-bond acceptors (Lipinski definition) is 4. The number of imide groups is 1. The number of rotatable bonds is 5. The molecule has 1 fully saturated rings. The maximum Gasteiger partial charge on any atom is 0.324 e. The molecule has 2 aromatic rings. The van der Waals surface area contributed by atoms with Crippen molar-refractivity contribution in [3.63, 3.8) is 0 Å². The molecular formula is C20H20N4O3. The third-order valence-corrected chi connectivity index (χ3v) is 4.85. The molecule has 0 spiro atoms. The number of fused-ring (bicyclic) bond motifs is 1. The molecule has 0 atom stereocenters. The zero-order valence-electron chi connectivity index (χ0n) is 14.7. The summed E-state index contributed by atoms with van der Waals surface area (Å²) in [6, 6.07) is 12.8. The van der Waals surface area contributed by atoms with Gasteiger partial charge in [0, 0.05) is 25.2 Å². The molecule has 7 heteroatoms. The van der Waals surface area contributed by atoms with Crippen LogP contribution in [0.3, 0.4) is 0 Å². The van der Waals surface area contributed by atoms with Crippen molar-refractivity contribution in [3.8, 4) is 0 Å². The smallest absolute Gasteiger partial charge is 0.324 e. The lowest BCUT2D eigenvalue weighted by atomic mass is 10.1. The second-order valence-corrected chi connectivity index (χ2v) is 6.72. The predicted molar refractivity (Wildman–Crippen MR) is 98.5 cm³/mol. The number of amides is 4. The van der Waals surface area contributed by atoms with Crippen molar-refractivity contribution in [2.45, 2.75) is 26.2 Å². The summed E-state index contributed by atoms with van der Waals surface area (Å²) in [5.41, 5.74) is 5.00. The first-order valence-corrected chi connectivity index (χ1v) is 8.87. The number of nitrogens with zero attached hydrogens (tertiary/aromatic N) is 1. The van der Waals surface area contributed by atoms with Crippen LogP contribution in [0.4, 0.5) is 4.79 Å². The second kappa shape index (κ2) is 7.20. The van der Waals surface area contributed by atoms with Crippen molar-refractivity contribution in [2.75, 3.05) is 6.54 Å². The summed E-state index contributed by atoms with van der Waals surface area (Å²) in [4.78, 5) is 36.7. The number of urea groups is 1. The van der Waals surface area contributed by atoms with Crippen LogP contribution in [0.1, 0.15) is 32.6 Å². The van der Waals surface area contributed by atoms with E-state index in [2.05, 4.69) is 28.1 Å². The highest BCUT2D eigenvalue weighted by atomic mass is 16.2. The molecule has 3 N–H and O–H groups in total. The lowest BCUT2D eigenvalue weighted by molar-refractivity contribution is -0.125. The molecule has 27 heavy (non-hydrogen) atoms. The SMILES string of the molecule is O=C(NCc1ccc2c(c1)CNC2)c1ccc(CN2C(=O)CNC2=O)cc1. The lowest BCUT2D eigenvalue weighted by Gasteiger charge is -2.12. The largest absolute Gasteiger partial charge is 0.348 e. The molecule has 2 aliphatic heterocycles. The van der Waals surface area contributed by atoms with Crippen molar-refractivity contribution < 1.29 is 14.4 Å². The summed E-state index contributed by atoms with van der Waals surface area (Å²) < 4.78 is 0. The topological polar surface area (TPSA) is 90.5 Å². The van der Waals surface area contributed by atoms with E-state index < -0.39 is 0 Å².